The van der Waals surface area contributed by atoms with Crippen molar-refractivity contribution in [1.29, 1.82) is 0 Å². The first-order valence-electron chi connectivity index (χ1n) is 3.69. The lowest BCUT2D eigenvalue weighted by atomic mass is 10.4. The minimum Gasteiger partial charge on any atom is -0.463 e. The Bertz CT molecular complexity index is 141. The number of carbonyl (C=O) groups is 1. The number of hydrogen-bond acceptors (Lipinski definition) is 4. The van der Waals surface area contributed by atoms with Gasteiger partial charge in [-0.3, -0.25) is 4.79 Å². The third-order valence-electron chi connectivity index (χ3n) is 1.54. The van der Waals surface area contributed by atoms with Crippen LogP contribution in [0.2, 0.25) is 0 Å². The van der Waals surface area contributed by atoms with E-state index in [1.807, 2.05) is 0 Å². The fraction of sp³-hybridized carbons (Fsp3) is 0.857. The summed E-state index contributed by atoms with van der Waals surface area (Å²) < 4.78 is 4.67. The first-order valence-corrected chi connectivity index (χ1v) is 3.69. The Balaban J connectivity index is 2.05. The molecule has 1 aliphatic carbocycles. The SMILES string of the molecule is O=C(OCC(O)CO)C1CC1. The lowest BCUT2D eigenvalue weighted by molar-refractivity contribution is -0.148. The zero-order valence-electron chi connectivity index (χ0n) is 6.19. The molecular formula is C7H12O4. The average molecular weight is 160 g/mol. The molecular weight excluding hydrogens is 148 g/mol. The van der Waals surface area contributed by atoms with Crippen LogP contribution in [0.5, 0.6) is 0 Å². The largest absolute Gasteiger partial charge is 0.463 e. The quantitative estimate of drug-likeness (QED) is 0.533. The van der Waals surface area contributed by atoms with Crippen molar-refractivity contribution in [3.8, 4) is 0 Å². The Kier molecular flexibility index (Phi) is 2.84. The van der Waals surface area contributed by atoms with Crippen molar-refractivity contribution < 1.29 is 19.7 Å². The van der Waals surface area contributed by atoms with E-state index in [4.69, 9.17) is 10.2 Å². The van der Waals surface area contributed by atoms with Crippen LogP contribution in [0.3, 0.4) is 0 Å². The topological polar surface area (TPSA) is 66.8 Å². The van der Waals surface area contributed by atoms with Gasteiger partial charge in [0.25, 0.3) is 0 Å². The van der Waals surface area contributed by atoms with Crippen LogP contribution in [0.1, 0.15) is 12.8 Å². The molecule has 1 atom stereocenters. The Labute approximate surface area is 64.8 Å². The van der Waals surface area contributed by atoms with Gasteiger partial charge in [-0.25, -0.2) is 0 Å². The number of hydrogen-bond donors (Lipinski definition) is 2. The predicted octanol–water partition coefficient (Wildman–Crippen LogP) is -0.707. The Hall–Kier alpha value is -0.610. The highest BCUT2D eigenvalue weighted by molar-refractivity contribution is 5.74. The Morgan fingerprint density at radius 1 is 1.64 bits per heavy atom. The molecule has 0 amide bonds. The van der Waals surface area contributed by atoms with Crippen LogP contribution in [0.15, 0.2) is 0 Å². The Morgan fingerprint density at radius 3 is 2.73 bits per heavy atom. The highest BCUT2D eigenvalue weighted by atomic mass is 16.5. The van der Waals surface area contributed by atoms with Gasteiger partial charge in [-0.05, 0) is 12.8 Å². The van der Waals surface area contributed by atoms with Crippen molar-refractivity contribution in [2.24, 2.45) is 5.92 Å². The number of ether oxygens (including phenoxy) is 1. The lowest BCUT2D eigenvalue weighted by Crippen LogP contribution is -2.22. The summed E-state index contributed by atoms with van der Waals surface area (Å²) in [6.45, 7) is -0.455. The van der Waals surface area contributed by atoms with Crippen LogP contribution in [0.4, 0.5) is 0 Å². The Morgan fingerprint density at radius 2 is 2.27 bits per heavy atom. The summed E-state index contributed by atoms with van der Waals surface area (Å²) in [5, 5.41) is 17.1. The molecule has 11 heavy (non-hydrogen) atoms. The van der Waals surface area contributed by atoms with Crippen LogP contribution in [-0.4, -0.2) is 35.5 Å². The zero-order valence-corrected chi connectivity index (χ0v) is 6.19. The van der Waals surface area contributed by atoms with Gasteiger partial charge >= 0.3 is 5.97 Å². The third kappa shape index (κ3) is 2.86. The fourth-order valence-corrected chi connectivity index (χ4v) is 0.668. The maximum atomic E-state index is 10.8. The van der Waals surface area contributed by atoms with Gasteiger partial charge < -0.3 is 14.9 Å². The molecule has 0 aromatic heterocycles. The van der Waals surface area contributed by atoms with E-state index in [-0.39, 0.29) is 25.1 Å². The van der Waals surface area contributed by atoms with Crippen molar-refractivity contribution in [3.63, 3.8) is 0 Å². The summed E-state index contributed by atoms with van der Waals surface area (Å²) in [7, 11) is 0. The standard InChI is InChI=1S/C7H12O4/c8-3-6(9)4-11-7(10)5-1-2-5/h5-6,8-9H,1-4H2. The van der Waals surface area contributed by atoms with Crippen LogP contribution in [0.25, 0.3) is 0 Å². The van der Waals surface area contributed by atoms with Crippen molar-refractivity contribution in [2.75, 3.05) is 13.2 Å². The molecule has 2 N–H and O–H groups in total. The molecule has 0 spiro atoms. The predicted molar refractivity (Wildman–Crippen MR) is 36.8 cm³/mol. The molecule has 64 valence electrons. The normalized spacial score (nSPS) is 19.5. The van der Waals surface area contributed by atoms with Gasteiger partial charge in [0.15, 0.2) is 0 Å². The van der Waals surface area contributed by atoms with Crippen molar-refractivity contribution in [3.05, 3.63) is 0 Å². The summed E-state index contributed by atoms with van der Waals surface area (Å²) in [5.74, 6) is -0.196. The number of aliphatic hydroxyl groups excluding tert-OH is 2. The maximum Gasteiger partial charge on any atom is 0.309 e. The number of rotatable bonds is 4. The molecule has 4 nitrogen and oxygen atoms in total. The van der Waals surface area contributed by atoms with E-state index in [2.05, 4.69) is 4.74 Å². The summed E-state index contributed by atoms with van der Waals surface area (Å²) in [6, 6.07) is 0. The average Bonchev–Trinajstić information content (AvgIpc) is 2.81. The van der Waals surface area contributed by atoms with E-state index in [1.54, 1.807) is 0 Å². The molecule has 4 heteroatoms. The van der Waals surface area contributed by atoms with Crippen LogP contribution < -0.4 is 0 Å². The maximum absolute atomic E-state index is 10.8. The molecule has 0 aromatic rings. The van der Waals surface area contributed by atoms with Crippen molar-refractivity contribution in [2.45, 2.75) is 18.9 Å². The minimum atomic E-state index is -0.933. The highest BCUT2D eigenvalue weighted by Gasteiger charge is 2.31. The molecule has 1 fully saturated rings. The molecule has 1 saturated carbocycles. The van der Waals surface area contributed by atoms with E-state index in [0.29, 0.717) is 0 Å². The smallest absolute Gasteiger partial charge is 0.309 e. The van der Waals surface area contributed by atoms with E-state index in [1.165, 1.54) is 0 Å². The number of esters is 1. The van der Waals surface area contributed by atoms with E-state index in [9.17, 15) is 4.79 Å². The summed E-state index contributed by atoms with van der Waals surface area (Å²) in [5.41, 5.74) is 0. The summed E-state index contributed by atoms with van der Waals surface area (Å²) in [6.07, 6.45) is 0.861. The first kappa shape index (κ1) is 8.49. The molecule has 0 saturated heterocycles. The van der Waals surface area contributed by atoms with Gasteiger partial charge in [0.2, 0.25) is 0 Å². The van der Waals surface area contributed by atoms with Crippen LogP contribution in [-0.2, 0) is 9.53 Å². The van der Waals surface area contributed by atoms with Gasteiger partial charge in [-0.15, -0.1) is 0 Å². The van der Waals surface area contributed by atoms with Gasteiger partial charge in [-0.1, -0.05) is 0 Å². The van der Waals surface area contributed by atoms with Gasteiger partial charge in [0, 0.05) is 0 Å². The van der Waals surface area contributed by atoms with E-state index >= 15 is 0 Å². The molecule has 1 unspecified atom stereocenters. The van der Waals surface area contributed by atoms with E-state index in [0.717, 1.165) is 12.8 Å². The van der Waals surface area contributed by atoms with Gasteiger partial charge in [0.05, 0.1) is 12.5 Å². The summed E-state index contributed by atoms with van der Waals surface area (Å²) in [4.78, 5) is 10.8. The van der Waals surface area contributed by atoms with Gasteiger partial charge in [-0.2, -0.15) is 0 Å². The monoisotopic (exact) mass is 160 g/mol. The fourth-order valence-electron chi connectivity index (χ4n) is 0.668. The lowest BCUT2D eigenvalue weighted by Gasteiger charge is -2.07. The zero-order chi connectivity index (χ0) is 8.27. The highest BCUT2D eigenvalue weighted by Crippen LogP contribution is 2.29. The van der Waals surface area contributed by atoms with Crippen molar-refractivity contribution in [1.82, 2.24) is 0 Å². The second-order valence-corrected chi connectivity index (χ2v) is 2.74. The van der Waals surface area contributed by atoms with Crippen LogP contribution >= 0.6 is 0 Å². The molecule has 1 rings (SSSR count). The van der Waals surface area contributed by atoms with Crippen molar-refractivity contribution >= 4 is 5.97 Å². The summed E-state index contributed by atoms with van der Waals surface area (Å²) >= 11 is 0. The number of carbonyl (C=O) groups excluding carboxylic acids is 1. The molecule has 1 aliphatic rings. The van der Waals surface area contributed by atoms with Crippen LogP contribution in [0, 0.1) is 5.92 Å². The minimum absolute atomic E-state index is 0.0564. The number of aliphatic hydroxyl groups is 2. The second kappa shape index (κ2) is 3.69. The first-order chi connectivity index (χ1) is 5.24. The van der Waals surface area contributed by atoms with E-state index < -0.39 is 6.10 Å². The molecule has 0 heterocycles. The molecule has 0 aliphatic heterocycles. The van der Waals surface area contributed by atoms with Gasteiger partial charge in [0.1, 0.15) is 12.7 Å². The molecule has 0 bridgehead atoms. The second-order valence-electron chi connectivity index (χ2n) is 2.74. The molecule has 0 radical (unpaired) electrons. The molecule has 0 aromatic carbocycles. The third-order valence-corrected chi connectivity index (χ3v) is 1.54.